The fourth-order valence-electron chi connectivity index (χ4n) is 1.44. The van der Waals surface area contributed by atoms with Crippen molar-refractivity contribution in [3.05, 3.63) is 40.1 Å². The van der Waals surface area contributed by atoms with Gasteiger partial charge < -0.3 is 4.98 Å². The summed E-state index contributed by atoms with van der Waals surface area (Å²) in [5.74, 6) is 0. The van der Waals surface area contributed by atoms with Gasteiger partial charge >= 0.3 is 0 Å². The fraction of sp³-hybridized carbons (Fsp3) is 0.273. The second-order valence-electron chi connectivity index (χ2n) is 2.98. The topological polar surface area (TPSA) is 58.9 Å². The van der Waals surface area contributed by atoms with Crippen molar-refractivity contribution in [2.75, 3.05) is 0 Å². The molecule has 1 aromatic heterocycles. The van der Waals surface area contributed by atoms with Crippen LogP contribution in [0.5, 0.6) is 0 Å². The second-order valence-corrected chi connectivity index (χ2v) is 2.98. The summed E-state index contributed by atoms with van der Waals surface area (Å²) >= 11 is 0. The summed E-state index contributed by atoms with van der Waals surface area (Å²) in [5, 5.41) is 11.3. The third-order valence-corrected chi connectivity index (χ3v) is 1.99. The lowest BCUT2D eigenvalue weighted by Crippen LogP contribution is -1.89. The third-order valence-electron chi connectivity index (χ3n) is 1.99. The van der Waals surface area contributed by atoms with Gasteiger partial charge in [0.15, 0.2) is 0 Å². The molecule has 2 rings (SSSR count). The Morgan fingerprint density at radius 3 is 2.60 bits per heavy atom. The van der Waals surface area contributed by atoms with E-state index in [1.807, 2.05) is 26.8 Å². The number of non-ortho nitro benzene ring substituents is 1. The van der Waals surface area contributed by atoms with E-state index in [0.717, 1.165) is 11.1 Å². The minimum atomic E-state index is -0.358. The van der Waals surface area contributed by atoms with Crippen LogP contribution in [0.4, 0.5) is 5.69 Å². The van der Waals surface area contributed by atoms with Crippen LogP contribution in [-0.4, -0.2) is 9.91 Å². The van der Waals surface area contributed by atoms with E-state index < -0.39 is 0 Å². The van der Waals surface area contributed by atoms with Crippen molar-refractivity contribution >= 4 is 16.6 Å². The highest BCUT2D eigenvalue weighted by molar-refractivity contribution is 5.89. The monoisotopic (exact) mass is 206 g/mol. The standard InChI is InChI=1S/C9H8N2O2.C2H6/c1-6-4-8-7(2-3-10-8)9(5-6)11(12)13;1-2/h2-5,10H,1H3;1-2H3. The Balaban J connectivity index is 0.000000531. The molecule has 0 aliphatic rings. The average molecular weight is 206 g/mol. The van der Waals surface area contributed by atoms with Gasteiger partial charge in [-0.1, -0.05) is 13.8 Å². The molecule has 0 aliphatic carbocycles. The van der Waals surface area contributed by atoms with Gasteiger partial charge in [0.05, 0.1) is 15.8 Å². The van der Waals surface area contributed by atoms with Crippen molar-refractivity contribution in [2.45, 2.75) is 20.8 Å². The van der Waals surface area contributed by atoms with Crippen LogP contribution in [0.25, 0.3) is 10.9 Å². The first-order valence-electron chi connectivity index (χ1n) is 4.90. The molecule has 1 heterocycles. The summed E-state index contributed by atoms with van der Waals surface area (Å²) in [6.45, 7) is 5.84. The normalized spacial score (nSPS) is 9.53. The molecule has 4 nitrogen and oxygen atoms in total. The van der Waals surface area contributed by atoms with Gasteiger partial charge in [0.2, 0.25) is 0 Å². The zero-order chi connectivity index (χ0) is 11.4. The van der Waals surface area contributed by atoms with Crippen molar-refractivity contribution in [3.63, 3.8) is 0 Å². The Bertz CT molecular complexity index is 474. The number of rotatable bonds is 1. The lowest BCUT2D eigenvalue weighted by molar-refractivity contribution is -0.383. The van der Waals surface area contributed by atoms with Crippen LogP contribution in [0, 0.1) is 17.0 Å². The number of nitrogens with zero attached hydrogens (tertiary/aromatic N) is 1. The zero-order valence-electron chi connectivity index (χ0n) is 9.07. The molecule has 0 unspecified atom stereocenters. The van der Waals surface area contributed by atoms with Gasteiger partial charge in [-0.3, -0.25) is 10.1 Å². The lowest BCUT2D eigenvalue weighted by Gasteiger charge is -1.96. The van der Waals surface area contributed by atoms with E-state index >= 15 is 0 Å². The summed E-state index contributed by atoms with van der Waals surface area (Å²) in [7, 11) is 0. The molecule has 0 spiro atoms. The van der Waals surface area contributed by atoms with Gasteiger partial charge in [0, 0.05) is 12.3 Å². The molecule has 80 valence electrons. The molecule has 1 N–H and O–H groups in total. The van der Waals surface area contributed by atoms with Crippen molar-refractivity contribution in [2.24, 2.45) is 0 Å². The number of hydrogen-bond acceptors (Lipinski definition) is 2. The zero-order valence-corrected chi connectivity index (χ0v) is 9.07. The number of aryl methyl sites for hydroxylation is 1. The minimum Gasteiger partial charge on any atom is -0.361 e. The number of fused-ring (bicyclic) bond motifs is 1. The highest BCUT2D eigenvalue weighted by atomic mass is 16.6. The number of nitro groups is 1. The maximum Gasteiger partial charge on any atom is 0.279 e. The number of nitrogens with one attached hydrogen (secondary N) is 1. The Morgan fingerprint density at radius 2 is 2.00 bits per heavy atom. The van der Waals surface area contributed by atoms with E-state index in [4.69, 9.17) is 0 Å². The van der Waals surface area contributed by atoms with Crippen LogP contribution < -0.4 is 0 Å². The summed E-state index contributed by atoms with van der Waals surface area (Å²) in [6, 6.07) is 5.19. The first kappa shape index (κ1) is 11.2. The Morgan fingerprint density at radius 1 is 1.33 bits per heavy atom. The van der Waals surface area contributed by atoms with Gasteiger partial charge in [-0.05, 0) is 24.6 Å². The minimum absolute atomic E-state index is 0.163. The molecule has 0 saturated carbocycles. The molecule has 0 atom stereocenters. The summed E-state index contributed by atoms with van der Waals surface area (Å²) in [5.41, 5.74) is 1.87. The number of H-pyrrole nitrogens is 1. The first-order valence-corrected chi connectivity index (χ1v) is 4.90. The molecular formula is C11H14N2O2. The number of aromatic nitrogens is 1. The van der Waals surface area contributed by atoms with Crippen LogP contribution >= 0.6 is 0 Å². The predicted molar refractivity (Wildman–Crippen MR) is 61.0 cm³/mol. The maximum absolute atomic E-state index is 10.7. The highest BCUT2D eigenvalue weighted by Crippen LogP contribution is 2.25. The van der Waals surface area contributed by atoms with E-state index in [0.29, 0.717) is 5.39 Å². The molecule has 4 heteroatoms. The Kier molecular flexibility index (Phi) is 3.44. The fourth-order valence-corrected chi connectivity index (χ4v) is 1.44. The van der Waals surface area contributed by atoms with Crippen molar-refractivity contribution in [3.8, 4) is 0 Å². The first-order chi connectivity index (χ1) is 7.18. The summed E-state index contributed by atoms with van der Waals surface area (Å²) in [4.78, 5) is 13.3. The van der Waals surface area contributed by atoms with E-state index in [2.05, 4.69) is 4.98 Å². The van der Waals surface area contributed by atoms with Gasteiger partial charge in [-0.2, -0.15) is 0 Å². The van der Waals surface area contributed by atoms with Crippen LogP contribution in [0.15, 0.2) is 24.4 Å². The van der Waals surface area contributed by atoms with Crippen molar-refractivity contribution in [1.29, 1.82) is 0 Å². The maximum atomic E-state index is 10.7. The van der Waals surface area contributed by atoms with Gasteiger partial charge in [0.25, 0.3) is 5.69 Å². The van der Waals surface area contributed by atoms with Gasteiger partial charge in [0.1, 0.15) is 0 Å². The Hall–Kier alpha value is -1.84. The molecule has 15 heavy (non-hydrogen) atoms. The molecule has 0 saturated heterocycles. The number of aromatic amines is 1. The van der Waals surface area contributed by atoms with Crippen LogP contribution in [0.2, 0.25) is 0 Å². The molecule has 0 radical (unpaired) electrons. The number of nitro benzene ring substituents is 1. The quantitative estimate of drug-likeness (QED) is 0.574. The van der Waals surface area contributed by atoms with E-state index in [-0.39, 0.29) is 10.6 Å². The van der Waals surface area contributed by atoms with E-state index in [1.165, 1.54) is 0 Å². The second kappa shape index (κ2) is 4.59. The highest BCUT2D eigenvalue weighted by Gasteiger charge is 2.12. The van der Waals surface area contributed by atoms with Crippen molar-refractivity contribution in [1.82, 2.24) is 4.98 Å². The van der Waals surface area contributed by atoms with Crippen LogP contribution in [0.1, 0.15) is 19.4 Å². The summed E-state index contributed by atoms with van der Waals surface area (Å²) < 4.78 is 0. The van der Waals surface area contributed by atoms with Gasteiger partial charge in [-0.25, -0.2) is 0 Å². The molecule has 2 aromatic rings. The van der Waals surface area contributed by atoms with Crippen molar-refractivity contribution < 1.29 is 4.92 Å². The molecule has 0 aliphatic heterocycles. The SMILES string of the molecule is CC.Cc1cc([N+](=O)[O-])c2cc[nH]c2c1. The Labute approximate surface area is 88.1 Å². The number of benzene rings is 1. The largest absolute Gasteiger partial charge is 0.361 e. The van der Waals surface area contributed by atoms with E-state index in [1.54, 1.807) is 18.3 Å². The van der Waals surface area contributed by atoms with E-state index in [9.17, 15) is 10.1 Å². The van der Waals surface area contributed by atoms with Crippen LogP contribution in [-0.2, 0) is 0 Å². The summed E-state index contributed by atoms with van der Waals surface area (Å²) in [6.07, 6.45) is 1.71. The molecule has 1 aromatic carbocycles. The van der Waals surface area contributed by atoms with Crippen LogP contribution in [0.3, 0.4) is 0 Å². The smallest absolute Gasteiger partial charge is 0.279 e. The average Bonchev–Trinajstić information content (AvgIpc) is 2.67. The molecular weight excluding hydrogens is 192 g/mol. The predicted octanol–water partition coefficient (Wildman–Crippen LogP) is 3.41. The van der Waals surface area contributed by atoms with Gasteiger partial charge in [-0.15, -0.1) is 0 Å². The molecule has 0 fully saturated rings. The molecule has 0 amide bonds. The lowest BCUT2D eigenvalue weighted by atomic mass is 10.1. The number of hydrogen-bond donors (Lipinski definition) is 1. The third kappa shape index (κ3) is 2.15. The molecule has 0 bridgehead atoms.